The van der Waals surface area contributed by atoms with Crippen molar-refractivity contribution in [2.75, 3.05) is 6.61 Å². The fraction of sp³-hybridized carbons (Fsp3) is 0.562. The van der Waals surface area contributed by atoms with Gasteiger partial charge in [-0.2, -0.15) is 5.26 Å². The molecule has 19 heavy (non-hydrogen) atoms. The van der Waals surface area contributed by atoms with E-state index in [1.807, 2.05) is 6.07 Å². The number of nitriles is 1. The maximum absolute atomic E-state index is 8.81. The van der Waals surface area contributed by atoms with Gasteiger partial charge in [0, 0.05) is 0 Å². The minimum absolute atomic E-state index is 0.530. The third-order valence-electron chi connectivity index (χ3n) is 3.23. The molecule has 3 heteroatoms. The first-order valence-electron chi connectivity index (χ1n) is 6.79. The predicted octanol–water partition coefficient (Wildman–Crippen LogP) is 3.52. The van der Waals surface area contributed by atoms with Gasteiger partial charge in [-0.15, -0.1) is 0 Å². The molecule has 0 bridgehead atoms. The molecule has 0 aromatic heterocycles. The molecule has 2 N–H and O–H groups in total. The molecule has 3 nitrogen and oxygen atoms in total. The first kappa shape index (κ1) is 15.5. The fourth-order valence-electron chi connectivity index (χ4n) is 2.07. The van der Waals surface area contributed by atoms with E-state index in [2.05, 4.69) is 39.0 Å². The molecule has 0 aliphatic heterocycles. The smallest absolute Gasteiger partial charge is 0.119 e. The van der Waals surface area contributed by atoms with E-state index in [9.17, 15) is 0 Å². The Morgan fingerprint density at radius 2 is 2.11 bits per heavy atom. The molecule has 0 radical (unpaired) electrons. The van der Waals surface area contributed by atoms with Gasteiger partial charge in [0.05, 0.1) is 12.7 Å². The molecule has 0 saturated heterocycles. The van der Waals surface area contributed by atoms with E-state index in [-0.39, 0.29) is 0 Å². The minimum Gasteiger partial charge on any atom is -0.494 e. The fourth-order valence-corrected chi connectivity index (χ4v) is 2.07. The molecular weight excluding hydrogens is 236 g/mol. The third-order valence-corrected chi connectivity index (χ3v) is 3.23. The summed E-state index contributed by atoms with van der Waals surface area (Å²) in [5.41, 5.74) is 7.62. The molecule has 0 heterocycles. The summed E-state index contributed by atoms with van der Waals surface area (Å²) in [6.45, 7) is 8.82. The molecule has 0 aliphatic rings. The molecule has 1 aromatic rings. The Hall–Kier alpha value is -1.53. The van der Waals surface area contributed by atoms with Gasteiger partial charge in [0.1, 0.15) is 11.3 Å². The van der Waals surface area contributed by atoms with E-state index in [1.165, 1.54) is 11.1 Å². The molecule has 104 valence electrons. The zero-order valence-corrected chi connectivity index (χ0v) is 12.4. The Labute approximate surface area is 116 Å². The second-order valence-electron chi connectivity index (χ2n) is 5.65. The summed E-state index contributed by atoms with van der Waals surface area (Å²) in [5.74, 6) is 1.42. The van der Waals surface area contributed by atoms with Crippen LogP contribution in [-0.4, -0.2) is 12.1 Å². The Morgan fingerprint density at radius 3 is 2.63 bits per heavy atom. The lowest BCUT2D eigenvalue weighted by atomic mass is 9.98. The third kappa shape index (κ3) is 4.92. The monoisotopic (exact) mass is 260 g/mol. The van der Waals surface area contributed by atoms with Crippen molar-refractivity contribution in [2.24, 2.45) is 5.73 Å². The van der Waals surface area contributed by atoms with Crippen molar-refractivity contribution in [1.82, 2.24) is 0 Å². The number of rotatable bonds is 6. The Balaban J connectivity index is 2.47. The quantitative estimate of drug-likeness (QED) is 0.796. The van der Waals surface area contributed by atoms with Crippen molar-refractivity contribution in [2.45, 2.75) is 52.0 Å². The Bertz CT molecular complexity index is 458. The van der Waals surface area contributed by atoms with Crippen molar-refractivity contribution in [3.63, 3.8) is 0 Å². The van der Waals surface area contributed by atoms with Crippen LogP contribution in [-0.2, 0) is 0 Å². The average Bonchev–Trinajstić information content (AvgIpc) is 2.34. The van der Waals surface area contributed by atoms with Gasteiger partial charge in [0.2, 0.25) is 0 Å². The number of ether oxygens (including phenoxy) is 1. The second kappa shape index (κ2) is 6.58. The van der Waals surface area contributed by atoms with E-state index in [4.69, 9.17) is 15.7 Å². The van der Waals surface area contributed by atoms with Gasteiger partial charge in [-0.25, -0.2) is 0 Å². The molecule has 0 fully saturated rings. The number of nitrogens with two attached hydrogens (primary N) is 1. The number of hydrogen-bond acceptors (Lipinski definition) is 3. The van der Waals surface area contributed by atoms with Crippen LogP contribution in [0.1, 0.15) is 50.7 Å². The van der Waals surface area contributed by atoms with Crippen molar-refractivity contribution in [1.29, 1.82) is 5.26 Å². The highest BCUT2D eigenvalue weighted by Crippen LogP contribution is 2.23. The SMILES string of the molecule is Cc1cc(OCCCC(C)(N)C#N)ccc1C(C)C. The topological polar surface area (TPSA) is 59.0 Å². The van der Waals surface area contributed by atoms with Gasteiger partial charge in [-0.1, -0.05) is 19.9 Å². The Kier molecular flexibility index (Phi) is 5.38. The predicted molar refractivity (Wildman–Crippen MR) is 78.2 cm³/mol. The van der Waals surface area contributed by atoms with Crippen LogP contribution in [0.25, 0.3) is 0 Å². The molecule has 0 saturated carbocycles. The van der Waals surface area contributed by atoms with Crippen LogP contribution in [0.2, 0.25) is 0 Å². The molecule has 0 spiro atoms. The van der Waals surface area contributed by atoms with Crippen LogP contribution in [0.4, 0.5) is 0 Å². The standard InChI is InChI=1S/C16H24N2O/c1-12(2)15-7-6-14(10-13(15)3)19-9-5-8-16(4,18)11-17/h6-7,10,12H,5,8-9,18H2,1-4H3. The van der Waals surface area contributed by atoms with Crippen molar-refractivity contribution in [3.05, 3.63) is 29.3 Å². The van der Waals surface area contributed by atoms with Crippen LogP contribution in [0.5, 0.6) is 5.75 Å². The van der Waals surface area contributed by atoms with Crippen LogP contribution in [0.3, 0.4) is 0 Å². The maximum Gasteiger partial charge on any atom is 0.119 e. The van der Waals surface area contributed by atoms with E-state index in [0.717, 1.165) is 12.2 Å². The highest BCUT2D eigenvalue weighted by atomic mass is 16.5. The molecule has 1 unspecified atom stereocenters. The zero-order chi connectivity index (χ0) is 14.5. The van der Waals surface area contributed by atoms with Gasteiger partial charge in [0.25, 0.3) is 0 Å². The van der Waals surface area contributed by atoms with Crippen LogP contribution >= 0.6 is 0 Å². The number of nitrogens with zero attached hydrogens (tertiary/aromatic N) is 1. The molecule has 1 atom stereocenters. The van der Waals surface area contributed by atoms with Crippen LogP contribution in [0.15, 0.2) is 18.2 Å². The second-order valence-corrected chi connectivity index (χ2v) is 5.65. The summed E-state index contributed by atoms with van der Waals surface area (Å²) in [5, 5.41) is 8.81. The number of aryl methyl sites for hydroxylation is 1. The van der Waals surface area contributed by atoms with Crippen molar-refractivity contribution < 1.29 is 4.74 Å². The summed E-state index contributed by atoms with van der Waals surface area (Å²) in [6, 6.07) is 8.29. The molecule has 0 aliphatic carbocycles. The molecule has 1 rings (SSSR count). The van der Waals surface area contributed by atoms with E-state index < -0.39 is 5.54 Å². The lowest BCUT2D eigenvalue weighted by Crippen LogP contribution is -2.34. The molecular formula is C16H24N2O. The minimum atomic E-state index is -0.749. The van der Waals surface area contributed by atoms with E-state index >= 15 is 0 Å². The first-order valence-corrected chi connectivity index (χ1v) is 6.79. The van der Waals surface area contributed by atoms with Gasteiger partial charge in [-0.3, -0.25) is 0 Å². The van der Waals surface area contributed by atoms with Crippen molar-refractivity contribution in [3.8, 4) is 11.8 Å². The summed E-state index contributed by atoms with van der Waals surface area (Å²) in [7, 11) is 0. The van der Waals surface area contributed by atoms with Crippen LogP contribution in [0, 0.1) is 18.3 Å². The van der Waals surface area contributed by atoms with Gasteiger partial charge in [0.15, 0.2) is 0 Å². The van der Waals surface area contributed by atoms with Gasteiger partial charge in [-0.05, 0) is 55.9 Å². The summed E-state index contributed by atoms with van der Waals surface area (Å²) in [6.07, 6.45) is 1.43. The molecule has 1 aromatic carbocycles. The lowest BCUT2D eigenvalue weighted by Gasteiger charge is -2.16. The van der Waals surface area contributed by atoms with Crippen molar-refractivity contribution >= 4 is 0 Å². The number of benzene rings is 1. The highest BCUT2D eigenvalue weighted by Gasteiger charge is 2.16. The van der Waals surface area contributed by atoms with Crippen LogP contribution < -0.4 is 10.5 Å². The van der Waals surface area contributed by atoms with E-state index in [0.29, 0.717) is 18.9 Å². The van der Waals surface area contributed by atoms with Gasteiger partial charge < -0.3 is 10.5 Å². The first-order chi connectivity index (χ1) is 8.85. The summed E-state index contributed by atoms with van der Waals surface area (Å²) >= 11 is 0. The van der Waals surface area contributed by atoms with E-state index in [1.54, 1.807) is 6.92 Å². The Morgan fingerprint density at radius 1 is 1.42 bits per heavy atom. The highest BCUT2D eigenvalue weighted by molar-refractivity contribution is 5.36. The molecule has 0 amide bonds. The lowest BCUT2D eigenvalue weighted by molar-refractivity contribution is 0.296. The summed E-state index contributed by atoms with van der Waals surface area (Å²) in [4.78, 5) is 0. The normalized spacial score (nSPS) is 13.9. The largest absolute Gasteiger partial charge is 0.494 e. The van der Waals surface area contributed by atoms with Gasteiger partial charge >= 0.3 is 0 Å². The summed E-state index contributed by atoms with van der Waals surface area (Å²) < 4.78 is 5.70. The average molecular weight is 260 g/mol. The zero-order valence-electron chi connectivity index (χ0n) is 12.4. The number of hydrogen-bond donors (Lipinski definition) is 1. The maximum atomic E-state index is 8.81.